The van der Waals surface area contributed by atoms with Gasteiger partial charge in [0.05, 0.1) is 0 Å². The van der Waals surface area contributed by atoms with Gasteiger partial charge >= 0.3 is 0 Å². The van der Waals surface area contributed by atoms with Crippen molar-refractivity contribution in [2.45, 2.75) is 0 Å². The molecule has 0 spiro atoms. The Balaban J connectivity index is 0.000000185. The molecule has 0 bridgehead atoms. The average Bonchev–Trinajstić information content (AvgIpc) is 2.55. The zero-order valence-electron chi connectivity index (χ0n) is 12.9. The van der Waals surface area contributed by atoms with Gasteiger partial charge in [-0.25, -0.2) is 0 Å². The fourth-order valence-corrected chi connectivity index (χ4v) is 2.06. The Labute approximate surface area is 139 Å². The highest BCUT2D eigenvalue weighted by Crippen LogP contribution is 2.25. The van der Waals surface area contributed by atoms with E-state index < -0.39 is 5.91 Å². The van der Waals surface area contributed by atoms with E-state index in [2.05, 4.69) is 0 Å². The second kappa shape index (κ2) is 7.69. The molecule has 0 saturated heterocycles. The Bertz CT molecular complexity index is 804. The number of phenolic OH excluding ortho intramolecular Hbond substituents is 2. The number of primary amides is 1. The van der Waals surface area contributed by atoms with Crippen molar-refractivity contribution in [1.82, 2.24) is 0 Å². The predicted octanol–water partition coefficient (Wildman–Crippen LogP) is 3.13. The molecule has 0 unspecified atom stereocenters. The van der Waals surface area contributed by atoms with Crippen LogP contribution in [-0.2, 0) is 0 Å². The van der Waals surface area contributed by atoms with Crippen LogP contribution >= 0.6 is 0 Å². The van der Waals surface area contributed by atoms with Crippen molar-refractivity contribution in [3.8, 4) is 22.6 Å². The number of carbonyl (C=O) groups excluding carboxylic acids is 1. The maximum atomic E-state index is 10.5. The molecule has 0 radical (unpaired) electrons. The standard InChI is InChI=1S/C12H10O2.C7H8N2O/c13-11-5-1-3-9(7-11)10-4-2-6-12(14)8-10;8-6-3-1-2-5(4-6)7(9)10/h1-8,13-14H;1-4H,8H2,(H2,9,10). The molecule has 3 rings (SSSR count). The summed E-state index contributed by atoms with van der Waals surface area (Å²) in [4.78, 5) is 10.5. The van der Waals surface area contributed by atoms with Crippen LogP contribution in [0.15, 0.2) is 72.8 Å². The molecule has 0 aliphatic heterocycles. The normalized spacial score (nSPS) is 9.67. The largest absolute Gasteiger partial charge is 0.508 e. The van der Waals surface area contributed by atoms with Crippen LogP contribution in [0.5, 0.6) is 11.5 Å². The smallest absolute Gasteiger partial charge is 0.248 e. The summed E-state index contributed by atoms with van der Waals surface area (Å²) in [5, 5.41) is 18.6. The molecule has 122 valence electrons. The summed E-state index contributed by atoms with van der Waals surface area (Å²) in [7, 11) is 0. The van der Waals surface area contributed by atoms with Crippen molar-refractivity contribution in [2.24, 2.45) is 5.73 Å². The number of benzene rings is 3. The zero-order valence-corrected chi connectivity index (χ0v) is 12.9. The van der Waals surface area contributed by atoms with E-state index in [1.165, 1.54) is 0 Å². The quantitative estimate of drug-likeness (QED) is 0.543. The molecule has 0 aliphatic carbocycles. The number of phenols is 2. The minimum Gasteiger partial charge on any atom is -0.508 e. The number of carbonyl (C=O) groups is 1. The monoisotopic (exact) mass is 322 g/mol. The molecule has 3 aromatic rings. The van der Waals surface area contributed by atoms with Crippen LogP contribution in [0.3, 0.4) is 0 Å². The Kier molecular flexibility index (Phi) is 5.41. The SMILES string of the molecule is NC(=O)c1cccc(N)c1.Oc1cccc(-c2cccc(O)c2)c1. The molecule has 6 N–H and O–H groups in total. The van der Waals surface area contributed by atoms with E-state index in [-0.39, 0.29) is 11.5 Å². The predicted molar refractivity (Wildman–Crippen MR) is 94.6 cm³/mol. The van der Waals surface area contributed by atoms with Crippen LogP contribution in [0.1, 0.15) is 10.4 Å². The maximum Gasteiger partial charge on any atom is 0.248 e. The van der Waals surface area contributed by atoms with Crippen molar-refractivity contribution in [3.63, 3.8) is 0 Å². The topological polar surface area (TPSA) is 110 Å². The Hall–Kier alpha value is -3.47. The lowest BCUT2D eigenvalue weighted by Gasteiger charge is -2.02. The first-order valence-electron chi connectivity index (χ1n) is 7.19. The van der Waals surface area contributed by atoms with Crippen LogP contribution in [0.2, 0.25) is 0 Å². The van der Waals surface area contributed by atoms with Gasteiger partial charge in [0, 0.05) is 11.3 Å². The number of rotatable bonds is 2. The average molecular weight is 322 g/mol. The van der Waals surface area contributed by atoms with Crippen LogP contribution in [0, 0.1) is 0 Å². The Morgan fingerprint density at radius 1 is 0.750 bits per heavy atom. The minimum absolute atomic E-state index is 0.228. The van der Waals surface area contributed by atoms with Crippen LogP contribution in [-0.4, -0.2) is 16.1 Å². The van der Waals surface area contributed by atoms with Crippen LogP contribution < -0.4 is 11.5 Å². The number of anilines is 1. The first kappa shape index (κ1) is 16.9. The van der Waals surface area contributed by atoms with Crippen molar-refractivity contribution in [2.75, 3.05) is 5.73 Å². The molecule has 0 saturated carbocycles. The maximum absolute atomic E-state index is 10.5. The van der Waals surface area contributed by atoms with E-state index in [0.29, 0.717) is 11.3 Å². The van der Waals surface area contributed by atoms with Crippen molar-refractivity contribution >= 4 is 11.6 Å². The summed E-state index contributed by atoms with van der Waals surface area (Å²) in [6.45, 7) is 0. The van der Waals surface area contributed by atoms with E-state index in [9.17, 15) is 15.0 Å². The number of aromatic hydroxyl groups is 2. The lowest BCUT2D eigenvalue weighted by atomic mass is 10.1. The second-order valence-electron chi connectivity index (χ2n) is 5.09. The summed E-state index contributed by atoms with van der Waals surface area (Å²) in [5.74, 6) is 0.00369. The van der Waals surface area contributed by atoms with Gasteiger partial charge in [-0.1, -0.05) is 30.3 Å². The summed E-state index contributed by atoms with van der Waals surface area (Å²) < 4.78 is 0. The van der Waals surface area contributed by atoms with Gasteiger partial charge in [0.1, 0.15) is 11.5 Å². The Morgan fingerprint density at radius 2 is 1.25 bits per heavy atom. The highest BCUT2D eigenvalue weighted by molar-refractivity contribution is 5.93. The summed E-state index contributed by atoms with van der Waals surface area (Å²) in [5.41, 5.74) is 13.2. The minimum atomic E-state index is -0.452. The Morgan fingerprint density at radius 3 is 1.62 bits per heavy atom. The molecule has 0 heterocycles. The van der Waals surface area contributed by atoms with E-state index in [4.69, 9.17) is 11.5 Å². The fourth-order valence-electron chi connectivity index (χ4n) is 2.06. The summed E-state index contributed by atoms with van der Waals surface area (Å²) in [6, 6.07) is 20.4. The molecular weight excluding hydrogens is 304 g/mol. The van der Waals surface area contributed by atoms with E-state index in [0.717, 1.165) is 11.1 Å². The van der Waals surface area contributed by atoms with Gasteiger partial charge in [-0.2, -0.15) is 0 Å². The highest BCUT2D eigenvalue weighted by Gasteiger charge is 1.99. The lowest BCUT2D eigenvalue weighted by Crippen LogP contribution is -2.10. The van der Waals surface area contributed by atoms with E-state index >= 15 is 0 Å². The number of amides is 1. The molecule has 0 aliphatic rings. The molecule has 5 heteroatoms. The van der Waals surface area contributed by atoms with Gasteiger partial charge in [-0.3, -0.25) is 4.79 Å². The third-order valence-corrected chi connectivity index (χ3v) is 3.20. The first-order valence-corrected chi connectivity index (χ1v) is 7.19. The zero-order chi connectivity index (χ0) is 17.5. The van der Waals surface area contributed by atoms with Gasteiger partial charge in [0.25, 0.3) is 0 Å². The van der Waals surface area contributed by atoms with Crippen molar-refractivity contribution in [1.29, 1.82) is 0 Å². The van der Waals surface area contributed by atoms with Crippen molar-refractivity contribution in [3.05, 3.63) is 78.4 Å². The molecule has 0 atom stereocenters. The molecule has 1 amide bonds. The van der Waals surface area contributed by atoms with Crippen molar-refractivity contribution < 1.29 is 15.0 Å². The van der Waals surface area contributed by atoms with Gasteiger partial charge in [0.15, 0.2) is 0 Å². The highest BCUT2D eigenvalue weighted by atomic mass is 16.3. The number of nitrogens with two attached hydrogens (primary N) is 2. The van der Waals surface area contributed by atoms with Crippen LogP contribution in [0.25, 0.3) is 11.1 Å². The van der Waals surface area contributed by atoms with Gasteiger partial charge in [-0.05, 0) is 53.6 Å². The molecule has 3 aromatic carbocycles. The summed E-state index contributed by atoms with van der Waals surface area (Å²) >= 11 is 0. The number of hydrogen-bond acceptors (Lipinski definition) is 4. The second-order valence-corrected chi connectivity index (χ2v) is 5.09. The third-order valence-electron chi connectivity index (χ3n) is 3.20. The molecule has 0 aromatic heterocycles. The van der Waals surface area contributed by atoms with Gasteiger partial charge < -0.3 is 21.7 Å². The molecule has 24 heavy (non-hydrogen) atoms. The number of hydrogen-bond donors (Lipinski definition) is 4. The van der Waals surface area contributed by atoms with Gasteiger partial charge in [-0.15, -0.1) is 0 Å². The summed E-state index contributed by atoms with van der Waals surface area (Å²) in [6.07, 6.45) is 0. The molecular formula is C19H18N2O3. The third kappa shape index (κ3) is 4.78. The van der Waals surface area contributed by atoms with E-state index in [1.54, 1.807) is 60.7 Å². The molecule has 0 fully saturated rings. The first-order chi connectivity index (χ1) is 11.5. The van der Waals surface area contributed by atoms with Gasteiger partial charge in [0.2, 0.25) is 5.91 Å². The molecule has 5 nitrogen and oxygen atoms in total. The van der Waals surface area contributed by atoms with E-state index in [1.807, 2.05) is 12.1 Å². The fraction of sp³-hybridized carbons (Fsp3) is 0. The lowest BCUT2D eigenvalue weighted by molar-refractivity contribution is 0.100. The van der Waals surface area contributed by atoms with Crippen LogP contribution in [0.4, 0.5) is 5.69 Å². The number of nitrogen functional groups attached to an aromatic ring is 1.